The number of benzene rings is 1. The predicted octanol–water partition coefficient (Wildman–Crippen LogP) is 4.02. The molecule has 0 fully saturated rings. The Morgan fingerprint density at radius 3 is 2.11 bits per heavy atom. The van der Waals surface area contributed by atoms with Gasteiger partial charge >= 0.3 is 0 Å². The first-order valence-electron chi connectivity index (χ1n) is 7.29. The number of hydrogen-bond donors (Lipinski definition) is 0. The largest absolute Gasteiger partial charge is 0.367 e. The van der Waals surface area contributed by atoms with Gasteiger partial charge in [-0.15, -0.1) is 0 Å². The van der Waals surface area contributed by atoms with Gasteiger partial charge in [0.15, 0.2) is 0 Å². The molecule has 0 radical (unpaired) electrons. The van der Waals surface area contributed by atoms with E-state index in [1.807, 2.05) is 6.07 Å². The van der Waals surface area contributed by atoms with Gasteiger partial charge in [0.05, 0.1) is 32.3 Å². The Hall–Kier alpha value is -0.380. The first-order valence-corrected chi connectivity index (χ1v) is 8.41. The Bertz CT molecular complexity index is 330. The fourth-order valence-corrected chi connectivity index (χ4v) is 2.99. The molecule has 1 rings (SSSR count). The van der Waals surface area contributed by atoms with Gasteiger partial charge in [-0.2, -0.15) is 0 Å². The highest BCUT2D eigenvalue weighted by atomic mass is 79.9. The standard InChI is InChI=1S/C16H27BrNO/c1-4-18(5-2,6-3)12-13-19-16(14-17)15-10-8-7-9-11-15/h7-11,16H,4-6,12-14H2,1-3H3/q+1. The molecule has 0 aliphatic rings. The molecule has 1 aromatic carbocycles. The van der Waals surface area contributed by atoms with Gasteiger partial charge in [0.1, 0.15) is 6.54 Å². The van der Waals surface area contributed by atoms with E-state index in [9.17, 15) is 0 Å². The van der Waals surface area contributed by atoms with Crippen LogP contribution in [0.2, 0.25) is 0 Å². The SMILES string of the molecule is CC[N+](CC)(CC)CCOC(CBr)c1ccccc1. The molecule has 0 spiro atoms. The van der Waals surface area contributed by atoms with Crippen LogP contribution in [0.15, 0.2) is 30.3 Å². The molecule has 1 aromatic rings. The fourth-order valence-electron chi connectivity index (χ4n) is 2.43. The monoisotopic (exact) mass is 328 g/mol. The van der Waals surface area contributed by atoms with Crippen molar-refractivity contribution in [3.05, 3.63) is 35.9 Å². The molecule has 0 N–H and O–H groups in total. The number of quaternary nitrogens is 1. The molecule has 19 heavy (non-hydrogen) atoms. The van der Waals surface area contributed by atoms with Gasteiger partial charge in [0.2, 0.25) is 0 Å². The predicted molar refractivity (Wildman–Crippen MR) is 85.7 cm³/mol. The van der Waals surface area contributed by atoms with Gasteiger partial charge in [-0.05, 0) is 26.3 Å². The number of rotatable bonds is 9. The summed E-state index contributed by atoms with van der Waals surface area (Å²) < 4.78 is 7.22. The second-order valence-electron chi connectivity index (χ2n) is 4.94. The summed E-state index contributed by atoms with van der Waals surface area (Å²) in [5, 5.41) is 0.849. The average Bonchev–Trinajstić information content (AvgIpc) is 2.49. The van der Waals surface area contributed by atoms with E-state index in [4.69, 9.17) is 4.74 Å². The van der Waals surface area contributed by atoms with Gasteiger partial charge in [-0.1, -0.05) is 46.3 Å². The number of likely N-dealkylation sites (N-methyl/N-ethyl adjacent to an activating group) is 1. The zero-order valence-corrected chi connectivity index (χ0v) is 14.0. The third kappa shape index (κ3) is 4.90. The topological polar surface area (TPSA) is 9.23 Å². The Morgan fingerprint density at radius 2 is 1.63 bits per heavy atom. The molecule has 0 aliphatic heterocycles. The molecule has 0 heterocycles. The molecule has 0 bridgehead atoms. The third-order valence-corrected chi connectivity index (χ3v) is 4.80. The molecular weight excluding hydrogens is 302 g/mol. The van der Waals surface area contributed by atoms with Crippen molar-refractivity contribution in [2.24, 2.45) is 0 Å². The highest BCUT2D eigenvalue weighted by Gasteiger charge is 2.21. The maximum atomic E-state index is 6.08. The maximum absolute atomic E-state index is 6.08. The summed E-state index contributed by atoms with van der Waals surface area (Å²) in [5.74, 6) is 0. The van der Waals surface area contributed by atoms with E-state index in [-0.39, 0.29) is 6.10 Å². The van der Waals surface area contributed by atoms with E-state index in [0.29, 0.717) is 0 Å². The Balaban J connectivity index is 2.51. The third-order valence-electron chi connectivity index (χ3n) is 4.21. The van der Waals surface area contributed by atoms with Crippen LogP contribution in [0.1, 0.15) is 32.4 Å². The van der Waals surface area contributed by atoms with E-state index in [0.717, 1.165) is 23.0 Å². The minimum Gasteiger partial charge on any atom is -0.367 e. The van der Waals surface area contributed by atoms with Crippen LogP contribution in [0.5, 0.6) is 0 Å². The second-order valence-corrected chi connectivity index (χ2v) is 5.59. The van der Waals surface area contributed by atoms with E-state index in [2.05, 4.69) is 61.0 Å². The van der Waals surface area contributed by atoms with Gasteiger partial charge in [0.25, 0.3) is 0 Å². The highest BCUT2D eigenvalue weighted by Crippen LogP contribution is 2.19. The van der Waals surface area contributed by atoms with Crippen molar-refractivity contribution in [2.45, 2.75) is 26.9 Å². The summed E-state index contributed by atoms with van der Waals surface area (Å²) in [4.78, 5) is 0. The average molecular weight is 329 g/mol. The Kier molecular flexibility index (Phi) is 7.66. The van der Waals surface area contributed by atoms with Crippen molar-refractivity contribution in [1.29, 1.82) is 0 Å². The van der Waals surface area contributed by atoms with Gasteiger partial charge in [-0.25, -0.2) is 0 Å². The van der Waals surface area contributed by atoms with Crippen molar-refractivity contribution < 1.29 is 9.22 Å². The molecule has 1 atom stereocenters. The van der Waals surface area contributed by atoms with Gasteiger partial charge in [-0.3, -0.25) is 0 Å². The molecule has 108 valence electrons. The lowest BCUT2D eigenvalue weighted by Crippen LogP contribution is -2.49. The molecule has 0 aromatic heterocycles. The van der Waals surface area contributed by atoms with Gasteiger partial charge in [0, 0.05) is 5.33 Å². The summed E-state index contributed by atoms with van der Waals surface area (Å²) >= 11 is 3.55. The smallest absolute Gasteiger partial charge is 0.102 e. The number of ether oxygens (including phenoxy) is 1. The number of alkyl halides is 1. The normalized spacial score (nSPS) is 13.5. The highest BCUT2D eigenvalue weighted by molar-refractivity contribution is 9.09. The van der Waals surface area contributed by atoms with E-state index in [1.54, 1.807) is 0 Å². The van der Waals surface area contributed by atoms with E-state index >= 15 is 0 Å². The minimum absolute atomic E-state index is 0.161. The van der Waals surface area contributed by atoms with Crippen LogP contribution < -0.4 is 0 Å². The minimum atomic E-state index is 0.161. The van der Waals surface area contributed by atoms with Crippen LogP contribution in [-0.2, 0) is 4.74 Å². The molecule has 0 aliphatic carbocycles. The zero-order chi connectivity index (χ0) is 14.1. The van der Waals surface area contributed by atoms with Crippen LogP contribution in [0, 0.1) is 0 Å². The first-order chi connectivity index (χ1) is 9.21. The number of hydrogen-bond acceptors (Lipinski definition) is 1. The number of nitrogens with zero attached hydrogens (tertiary/aromatic N) is 1. The molecule has 0 saturated heterocycles. The lowest BCUT2D eigenvalue weighted by atomic mass is 10.1. The molecule has 0 amide bonds. The molecule has 1 unspecified atom stereocenters. The fraction of sp³-hybridized carbons (Fsp3) is 0.625. The van der Waals surface area contributed by atoms with Crippen LogP contribution in [-0.4, -0.2) is 42.6 Å². The van der Waals surface area contributed by atoms with Crippen LogP contribution in [0.25, 0.3) is 0 Å². The molecule has 2 nitrogen and oxygen atoms in total. The van der Waals surface area contributed by atoms with Gasteiger partial charge < -0.3 is 9.22 Å². The quantitative estimate of drug-likeness (QED) is 0.491. The van der Waals surface area contributed by atoms with Crippen molar-refractivity contribution in [2.75, 3.05) is 38.1 Å². The second kappa shape index (κ2) is 8.72. The molecule has 3 heteroatoms. The Morgan fingerprint density at radius 1 is 1.05 bits per heavy atom. The van der Waals surface area contributed by atoms with Crippen molar-refractivity contribution in [3.8, 4) is 0 Å². The maximum Gasteiger partial charge on any atom is 0.102 e. The first kappa shape index (κ1) is 16.7. The summed E-state index contributed by atoms with van der Waals surface area (Å²) in [5.41, 5.74) is 1.25. The number of halogens is 1. The van der Waals surface area contributed by atoms with E-state index < -0.39 is 0 Å². The lowest BCUT2D eigenvalue weighted by molar-refractivity contribution is -0.923. The summed E-state index contributed by atoms with van der Waals surface area (Å²) in [6.45, 7) is 12.3. The van der Waals surface area contributed by atoms with E-state index in [1.165, 1.54) is 25.2 Å². The zero-order valence-electron chi connectivity index (χ0n) is 12.4. The lowest BCUT2D eigenvalue weighted by Gasteiger charge is -2.36. The van der Waals surface area contributed by atoms with Crippen LogP contribution >= 0.6 is 15.9 Å². The van der Waals surface area contributed by atoms with Crippen molar-refractivity contribution >= 4 is 15.9 Å². The Labute approximate surface area is 126 Å². The van der Waals surface area contributed by atoms with Crippen molar-refractivity contribution in [3.63, 3.8) is 0 Å². The van der Waals surface area contributed by atoms with Crippen molar-refractivity contribution in [1.82, 2.24) is 0 Å². The van der Waals surface area contributed by atoms with Crippen LogP contribution in [0.4, 0.5) is 0 Å². The molecule has 0 saturated carbocycles. The summed E-state index contributed by atoms with van der Waals surface area (Å²) in [6.07, 6.45) is 0.161. The summed E-state index contributed by atoms with van der Waals surface area (Å²) in [6, 6.07) is 10.4. The van der Waals surface area contributed by atoms with Crippen LogP contribution in [0.3, 0.4) is 0 Å². The molecular formula is C16H27BrNO+. The summed E-state index contributed by atoms with van der Waals surface area (Å²) in [7, 11) is 0.